The van der Waals surface area contributed by atoms with Crippen LogP contribution in [-0.4, -0.2) is 21.9 Å². The zero-order valence-corrected chi connectivity index (χ0v) is 13.8. The predicted octanol–water partition coefficient (Wildman–Crippen LogP) is 3.99. The molecule has 0 spiro atoms. The van der Waals surface area contributed by atoms with Crippen LogP contribution in [0, 0.1) is 10.1 Å². The molecule has 1 amide bonds. The van der Waals surface area contributed by atoms with Crippen LogP contribution in [0.15, 0.2) is 48.0 Å². The summed E-state index contributed by atoms with van der Waals surface area (Å²) in [6, 6.07) is 9.84. The van der Waals surface area contributed by atoms with Crippen LogP contribution in [0.4, 0.5) is 11.4 Å². The molecule has 7 nitrogen and oxygen atoms in total. The van der Waals surface area contributed by atoms with Gasteiger partial charge >= 0.3 is 5.97 Å². The summed E-state index contributed by atoms with van der Waals surface area (Å²) in [5.41, 5.74) is 0.603. The fourth-order valence-electron chi connectivity index (χ4n) is 2.07. The van der Waals surface area contributed by atoms with E-state index in [1.807, 2.05) is 0 Å². The largest absolute Gasteiger partial charge is 0.478 e. The Morgan fingerprint density at radius 1 is 1.24 bits per heavy atom. The number of hydrogen-bond donors (Lipinski definition) is 2. The Morgan fingerprint density at radius 2 is 1.96 bits per heavy atom. The lowest BCUT2D eigenvalue weighted by atomic mass is 10.1. The molecule has 0 atom stereocenters. The first-order valence-electron chi connectivity index (χ1n) is 7.05. The maximum atomic E-state index is 12.3. The molecule has 0 fully saturated rings. The third kappa shape index (κ3) is 4.65. The summed E-state index contributed by atoms with van der Waals surface area (Å²) in [5.74, 6) is -1.75. The predicted molar refractivity (Wildman–Crippen MR) is 93.8 cm³/mol. The Morgan fingerprint density at radius 3 is 2.60 bits per heavy atom. The molecule has 2 rings (SSSR count). The van der Waals surface area contributed by atoms with E-state index in [1.54, 1.807) is 6.07 Å². The molecule has 0 unspecified atom stereocenters. The number of rotatable bonds is 5. The van der Waals surface area contributed by atoms with Crippen LogP contribution in [0.1, 0.15) is 22.8 Å². The van der Waals surface area contributed by atoms with Gasteiger partial charge in [0, 0.05) is 22.7 Å². The average molecular weight is 361 g/mol. The van der Waals surface area contributed by atoms with Gasteiger partial charge in [0.05, 0.1) is 16.2 Å². The van der Waals surface area contributed by atoms with E-state index >= 15 is 0 Å². The van der Waals surface area contributed by atoms with E-state index in [0.717, 1.165) is 0 Å². The molecule has 0 aliphatic carbocycles. The number of halogens is 1. The summed E-state index contributed by atoms with van der Waals surface area (Å²) in [7, 11) is 0. The van der Waals surface area contributed by atoms with Gasteiger partial charge in [-0.15, -0.1) is 0 Å². The van der Waals surface area contributed by atoms with Crippen molar-refractivity contribution in [3.63, 3.8) is 0 Å². The molecule has 0 saturated heterocycles. The zero-order valence-electron chi connectivity index (χ0n) is 13.0. The van der Waals surface area contributed by atoms with Gasteiger partial charge in [-0.1, -0.05) is 23.7 Å². The number of non-ortho nitro benzene ring substituents is 1. The molecule has 0 aliphatic rings. The molecule has 0 bridgehead atoms. The van der Waals surface area contributed by atoms with Crippen LogP contribution in [0.5, 0.6) is 0 Å². The standard InChI is InChI=1S/C17H13ClN2O5/c1-10(7-11-3-2-4-13(8-11)20(24)25)16(21)19-15-9-12(18)5-6-14(15)17(22)23/h2-9H,1H3,(H,19,21)(H,22,23). The number of anilines is 1. The molecule has 0 aromatic heterocycles. The Balaban J connectivity index is 2.26. The molecule has 8 heteroatoms. The first-order chi connectivity index (χ1) is 11.8. The molecule has 2 aromatic carbocycles. The second kappa shape index (κ2) is 7.59. The van der Waals surface area contributed by atoms with Gasteiger partial charge in [-0.05, 0) is 36.8 Å². The number of benzene rings is 2. The third-order valence-electron chi connectivity index (χ3n) is 3.28. The highest BCUT2D eigenvalue weighted by Crippen LogP contribution is 2.22. The molecule has 2 N–H and O–H groups in total. The average Bonchev–Trinajstić information content (AvgIpc) is 2.54. The Bertz CT molecular complexity index is 892. The molecule has 128 valence electrons. The van der Waals surface area contributed by atoms with Crippen LogP contribution in [0.2, 0.25) is 5.02 Å². The quantitative estimate of drug-likeness (QED) is 0.476. The van der Waals surface area contributed by atoms with Crippen molar-refractivity contribution in [2.45, 2.75) is 6.92 Å². The molecule has 2 aromatic rings. The first-order valence-corrected chi connectivity index (χ1v) is 7.42. The van der Waals surface area contributed by atoms with Crippen molar-refractivity contribution in [1.82, 2.24) is 0 Å². The van der Waals surface area contributed by atoms with Gasteiger partial charge in [0.15, 0.2) is 0 Å². The number of carbonyl (C=O) groups is 2. The topological polar surface area (TPSA) is 110 Å². The van der Waals surface area contributed by atoms with Crippen molar-refractivity contribution >= 4 is 40.9 Å². The van der Waals surface area contributed by atoms with E-state index in [9.17, 15) is 19.7 Å². The fourth-order valence-corrected chi connectivity index (χ4v) is 2.24. The van der Waals surface area contributed by atoms with E-state index < -0.39 is 16.8 Å². The molecular formula is C17H13ClN2O5. The molecular weight excluding hydrogens is 348 g/mol. The Hall–Kier alpha value is -3.19. The van der Waals surface area contributed by atoms with Crippen LogP contribution >= 0.6 is 11.6 Å². The minimum Gasteiger partial charge on any atom is -0.478 e. The lowest BCUT2D eigenvalue weighted by Gasteiger charge is -2.09. The zero-order chi connectivity index (χ0) is 18.6. The summed E-state index contributed by atoms with van der Waals surface area (Å²) in [6.07, 6.45) is 1.47. The summed E-state index contributed by atoms with van der Waals surface area (Å²) < 4.78 is 0. The number of nitrogens with zero attached hydrogens (tertiary/aromatic N) is 1. The van der Waals surface area contributed by atoms with Crippen molar-refractivity contribution in [2.75, 3.05) is 5.32 Å². The lowest BCUT2D eigenvalue weighted by Crippen LogP contribution is -2.15. The van der Waals surface area contributed by atoms with Gasteiger partial charge in [0.1, 0.15) is 0 Å². The second-order valence-electron chi connectivity index (χ2n) is 5.13. The van der Waals surface area contributed by atoms with Crippen molar-refractivity contribution in [3.8, 4) is 0 Å². The molecule has 0 heterocycles. The van der Waals surface area contributed by atoms with E-state index in [4.69, 9.17) is 16.7 Å². The number of amides is 1. The lowest BCUT2D eigenvalue weighted by molar-refractivity contribution is -0.384. The highest BCUT2D eigenvalue weighted by molar-refractivity contribution is 6.31. The number of aromatic carboxylic acids is 1. The monoisotopic (exact) mass is 360 g/mol. The number of nitro benzene ring substituents is 1. The molecule has 25 heavy (non-hydrogen) atoms. The van der Waals surface area contributed by atoms with Gasteiger partial charge in [-0.2, -0.15) is 0 Å². The van der Waals surface area contributed by atoms with Crippen LogP contribution in [-0.2, 0) is 4.79 Å². The Kier molecular flexibility index (Phi) is 5.51. The van der Waals surface area contributed by atoms with Gasteiger partial charge < -0.3 is 10.4 Å². The molecule has 0 aliphatic heterocycles. The minimum atomic E-state index is -1.20. The summed E-state index contributed by atoms with van der Waals surface area (Å²) in [5, 5.41) is 22.7. The smallest absolute Gasteiger partial charge is 0.337 e. The second-order valence-corrected chi connectivity index (χ2v) is 5.57. The number of carboxylic acid groups (broad SMARTS) is 1. The van der Waals surface area contributed by atoms with E-state index in [-0.39, 0.29) is 27.5 Å². The van der Waals surface area contributed by atoms with Gasteiger partial charge in [-0.25, -0.2) is 4.79 Å². The fraction of sp³-hybridized carbons (Fsp3) is 0.0588. The minimum absolute atomic E-state index is 0.0665. The van der Waals surface area contributed by atoms with Crippen molar-refractivity contribution in [3.05, 3.63) is 74.3 Å². The van der Waals surface area contributed by atoms with E-state index in [1.165, 1.54) is 49.4 Å². The number of hydrogen-bond acceptors (Lipinski definition) is 4. The van der Waals surface area contributed by atoms with Crippen LogP contribution in [0.25, 0.3) is 6.08 Å². The maximum Gasteiger partial charge on any atom is 0.337 e. The summed E-state index contributed by atoms with van der Waals surface area (Å²) in [4.78, 5) is 33.7. The van der Waals surface area contributed by atoms with Crippen molar-refractivity contribution in [2.24, 2.45) is 0 Å². The SMILES string of the molecule is CC(=Cc1cccc([N+](=O)[O-])c1)C(=O)Nc1cc(Cl)ccc1C(=O)O. The van der Waals surface area contributed by atoms with Crippen LogP contribution < -0.4 is 5.32 Å². The maximum absolute atomic E-state index is 12.3. The van der Waals surface area contributed by atoms with Crippen molar-refractivity contribution in [1.29, 1.82) is 0 Å². The number of carboxylic acids is 1. The van der Waals surface area contributed by atoms with Crippen molar-refractivity contribution < 1.29 is 19.6 Å². The summed E-state index contributed by atoms with van der Waals surface area (Å²) in [6.45, 7) is 1.51. The Labute approximate surface area is 147 Å². The highest BCUT2D eigenvalue weighted by atomic mass is 35.5. The highest BCUT2D eigenvalue weighted by Gasteiger charge is 2.14. The first kappa shape index (κ1) is 18.2. The molecule has 0 radical (unpaired) electrons. The number of nitrogens with one attached hydrogen (secondary N) is 1. The summed E-state index contributed by atoms with van der Waals surface area (Å²) >= 11 is 5.84. The van der Waals surface area contributed by atoms with Gasteiger partial charge in [0.25, 0.3) is 11.6 Å². The van der Waals surface area contributed by atoms with E-state index in [2.05, 4.69) is 5.32 Å². The van der Waals surface area contributed by atoms with Gasteiger partial charge in [-0.3, -0.25) is 14.9 Å². The van der Waals surface area contributed by atoms with Crippen LogP contribution in [0.3, 0.4) is 0 Å². The molecule has 0 saturated carbocycles. The number of nitro groups is 1. The third-order valence-corrected chi connectivity index (χ3v) is 3.52. The van der Waals surface area contributed by atoms with E-state index in [0.29, 0.717) is 5.56 Å². The normalized spacial score (nSPS) is 11.0. The number of carbonyl (C=O) groups excluding carboxylic acids is 1. The van der Waals surface area contributed by atoms with Gasteiger partial charge in [0.2, 0.25) is 0 Å².